The molecule has 0 aliphatic carbocycles. The lowest BCUT2D eigenvalue weighted by molar-refractivity contribution is 0.278. The van der Waals surface area contributed by atoms with Gasteiger partial charge >= 0.3 is 10.2 Å². The highest BCUT2D eigenvalue weighted by atomic mass is 32.2. The Hall–Kier alpha value is -1.11. The summed E-state index contributed by atoms with van der Waals surface area (Å²) >= 11 is 0. The highest BCUT2D eigenvalue weighted by Crippen LogP contribution is 2.32. The smallest absolute Gasteiger partial charge is 0.304 e. The van der Waals surface area contributed by atoms with E-state index in [-0.39, 0.29) is 0 Å². The Kier molecular flexibility index (Phi) is 3.70. The maximum absolute atomic E-state index is 12.8. The maximum atomic E-state index is 12.8. The quantitative estimate of drug-likeness (QED) is 0.903. The molecule has 0 amide bonds. The predicted molar refractivity (Wildman–Crippen MR) is 79.8 cm³/mol. The summed E-state index contributed by atoms with van der Waals surface area (Å²) < 4.78 is 28.7. The van der Waals surface area contributed by atoms with Gasteiger partial charge in [-0.05, 0) is 43.4 Å². The van der Waals surface area contributed by atoms with Crippen molar-refractivity contribution in [2.24, 2.45) is 11.7 Å². The van der Waals surface area contributed by atoms with Crippen LogP contribution in [0.5, 0.6) is 0 Å². The molecule has 1 fully saturated rings. The lowest BCUT2D eigenvalue weighted by atomic mass is 9.99. The van der Waals surface area contributed by atoms with Crippen molar-refractivity contribution < 1.29 is 8.42 Å². The molecular weight excluding hydrogens is 274 g/mol. The fourth-order valence-electron chi connectivity index (χ4n) is 3.06. The molecule has 0 unspecified atom stereocenters. The molecule has 110 valence electrons. The van der Waals surface area contributed by atoms with E-state index in [4.69, 9.17) is 5.73 Å². The number of para-hydroxylation sites is 1. The molecule has 5 nitrogen and oxygen atoms in total. The highest BCUT2D eigenvalue weighted by molar-refractivity contribution is 7.90. The molecule has 2 aliphatic heterocycles. The van der Waals surface area contributed by atoms with Crippen LogP contribution in [0.4, 0.5) is 5.69 Å². The van der Waals surface area contributed by atoms with Gasteiger partial charge in [0.05, 0.1) is 5.69 Å². The van der Waals surface area contributed by atoms with Crippen LogP contribution < -0.4 is 10.0 Å². The van der Waals surface area contributed by atoms with Gasteiger partial charge in [0.15, 0.2) is 0 Å². The number of nitrogens with two attached hydrogens (primary N) is 1. The van der Waals surface area contributed by atoms with Gasteiger partial charge in [-0.15, -0.1) is 0 Å². The van der Waals surface area contributed by atoms with Crippen molar-refractivity contribution in [2.75, 3.05) is 30.5 Å². The Morgan fingerprint density at radius 3 is 2.55 bits per heavy atom. The molecule has 3 rings (SSSR count). The summed E-state index contributed by atoms with van der Waals surface area (Å²) in [4.78, 5) is 0. The first-order chi connectivity index (χ1) is 9.63. The van der Waals surface area contributed by atoms with Crippen LogP contribution in [-0.4, -0.2) is 38.9 Å². The fourth-order valence-corrected chi connectivity index (χ4v) is 4.76. The molecule has 2 heterocycles. The molecule has 1 saturated heterocycles. The van der Waals surface area contributed by atoms with Gasteiger partial charge in [0.2, 0.25) is 0 Å². The van der Waals surface area contributed by atoms with Crippen molar-refractivity contribution in [1.82, 2.24) is 4.31 Å². The van der Waals surface area contributed by atoms with E-state index in [1.165, 1.54) is 0 Å². The number of fused-ring (bicyclic) bond motifs is 1. The van der Waals surface area contributed by atoms with Gasteiger partial charge < -0.3 is 5.73 Å². The minimum atomic E-state index is -3.38. The lowest BCUT2D eigenvalue weighted by Gasteiger charge is -2.34. The first-order valence-corrected chi connectivity index (χ1v) is 8.58. The van der Waals surface area contributed by atoms with E-state index >= 15 is 0 Å². The van der Waals surface area contributed by atoms with Gasteiger partial charge in [-0.1, -0.05) is 18.2 Å². The largest absolute Gasteiger partial charge is 0.330 e. The van der Waals surface area contributed by atoms with Crippen LogP contribution in [0.15, 0.2) is 24.3 Å². The molecule has 0 radical (unpaired) electrons. The van der Waals surface area contributed by atoms with Crippen molar-refractivity contribution in [3.8, 4) is 0 Å². The topological polar surface area (TPSA) is 66.6 Å². The summed E-state index contributed by atoms with van der Waals surface area (Å²) in [5.41, 5.74) is 7.62. The van der Waals surface area contributed by atoms with Crippen molar-refractivity contribution in [3.63, 3.8) is 0 Å². The van der Waals surface area contributed by atoms with Crippen LogP contribution in [0, 0.1) is 5.92 Å². The Labute approximate surface area is 120 Å². The molecule has 1 aromatic carbocycles. The van der Waals surface area contributed by atoms with Crippen molar-refractivity contribution in [1.29, 1.82) is 0 Å². The number of piperidine rings is 1. The maximum Gasteiger partial charge on any atom is 0.304 e. The second-order valence-corrected chi connectivity index (χ2v) is 7.39. The average molecular weight is 295 g/mol. The summed E-state index contributed by atoms with van der Waals surface area (Å²) in [6.07, 6.45) is 2.53. The minimum absolute atomic E-state index is 0.465. The summed E-state index contributed by atoms with van der Waals surface area (Å²) in [6.45, 7) is 2.38. The number of rotatable bonds is 3. The molecule has 0 saturated carbocycles. The Bertz CT molecular complexity index is 580. The van der Waals surface area contributed by atoms with E-state index in [2.05, 4.69) is 0 Å². The van der Waals surface area contributed by atoms with Crippen LogP contribution in [0.25, 0.3) is 0 Å². The van der Waals surface area contributed by atoms with Gasteiger partial charge in [-0.3, -0.25) is 4.31 Å². The van der Waals surface area contributed by atoms with Gasteiger partial charge in [0, 0.05) is 19.6 Å². The lowest BCUT2D eigenvalue weighted by Crippen LogP contribution is -2.47. The van der Waals surface area contributed by atoms with Crippen LogP contribution in [0.3, 0.4) is 0 Å². The first kappa shape index (κ1) is 13.9. The Balaban J connectivity index is 1.80. The molecule has 1 aromatic rings. The van der Waals surface area contributed by atoms with E-state index in [0.29, 0.717) is 32.1 Å². The third-order valence-electron chi connectivity index (χ3n) is 4.36. The van der Waals surface area contributed by atoms with Crippen LogP contribution in [-0.2, 0) is 16.6 Å². The molecule has 0 aromatic heterocycles. The van der Waals surface area contributed by atoms with Crippen LogP contribution >= 0.6 is 0 Å². The number of hydrogen-bond acceptors (Lipinski definition) is 3. The summed E-state index contributed by atoms with van der Waals surface area (Å²) in [5, 5.41) is 0. The van der Waals surface area contributed by atoms with E-state index in [1.807, 2.05) is 24.3 Å². The highest BCUT2D eigenvalue weighted by Gasteiger charge is 2.35. The Morgan fingerprint density at radius 1 is 1.15 bits per heavy atom. The van der Waals surface area contributed by atoms with Gasteiger partial charge in [0.25, 0.3) is 0 Å². The molecule has 20 heavy (non-hydrogen) atoms. The van der Waals surface area contributed by atoms with Crippen LogP contribution in [0.1, 0.15) is 18.4 Å². The van der Waals surface area contributed by atoms with Crippen molar-refractivity contribution >= 4 is 15.9 Å². The molecule has 0 atom stereocenters. The third-order valence-corrected chi connectivity index (χ3v) is 6.31. The number of anilines is 1. The van der Waals surface area contributed by atoms with E-state index in [0.717, 1.165) is 30.5 Å². The van der Waals surface area contributed by atoms with Gasteiger partial charge in [0.1, 0.15) is 0 Å². The van der Waals surface area contributed by atoms with Crippen molar-refractivity contribution in [3.05, 3.63) is 29.8 Å². The second kappa shape index (κ2) is 5.35. The fraction of sp³-hybridized carbons (Fsp3) is 0.571. The SMILES string of the molecule is NCC1CCN(S(=O)(=O)N2CCc3ccccc32)CC1. The zero-order valence-corrected chi connectivity index (χ0v) is 12.3. The van der Waals surface area contributed by atoms with Crippen molar-refractivity contribution in [2.45, 2.75) is 19.3 Å². The van der Waals surface area contributed by atoms with Gasteiger partial charge in [-0.25, -0.2) is 0 Å². The molecule has 6 heteroatoms. The number of hydrogen-bond donors (Lipinski definition) is 1. The monoisotopic (exact) mass is 295 g/mol. The number of nitrogens with zero attached hydrogens (tertiary/aromatic N) is 2. The molecule has 0 spiro atoms. The molecule has 2 aliphatic rings. The molecule has 0 bridgehead atoms. The number of benzene rings is 1. The van der Waals surface area contributed by atoms with Gasteiger partial charge in [-0.2, -0.15) is 12.7 Å². The van der Waals surface area contributed by atoms with E-state index < -0.39 is 10.2 Å². The third kappa shape index (κ3) is 2.32. The second-order valence-electron chi connectivity index (χ2n) is 5.54. The van der Waals surface area contributed by atoms with E-state index in [1.54, 1.807) is 8.61 Å². The standard InChI is InChI=1S/C14H21N3O2S/c15-11-12-5-8-16(9-6-12)20(18,19)17-10-7-13-3-1-2-4-14(13)17/h1-4,12H,5-11,15H2. The zero-order valence-electron chi connectivity index (χ0n) is 11.5. The summed E-state index contributed by atoms with van der Waals surface area (Å²) in [5.74, 6) is 0.465. The molecular formula is C14H21N3O2S. The Morgan fingerprint density at radius 2 is 1.85 bits per heavy atom. The normalized spacial score (nSPS) is 21.1. The van der Waals surface area contributed by atoms with Crippen LogP contribution in [0.2, 0.25) is 0 Å². The first-order valence-electron chi connectivity index (χ1n) is 7.18. The minimum Gasteiger partial charge on any atom is -0.330 e. The summed E-state index contributed by atoms with van der Waals surface area (Å²) in [6, 6.07) is 7.76. The average Bonchev–Trinajstić information content (AvgIpc) is 2.92. The predicted octanol–water partition coefficient (Wildman–Crippen LogP) is 0.965. The van der Waals surface area contributed by atoms with E-state index in [9.17, 15) is 8.42 Å². The zero-order chi connectivity index (χ0) is 14.2. The molecule has 2 N–H and O–H groups in total. The summed E-state index contributed by atoms with van der Waals surface area (Å²) in [7, 11) is -3.38.